The van der Waals surface area contributed by atoms with Gasteiger partial charge < -0.3 is 10.1 Å². The van der Waals surface area contributed by atoms with Crippen molar-refractivity contribution in [2.24, 2.45) is 0 Å². The first-order valence-electron chi connectivity index (χ1n) is 7.14. The van der Waals surface area contributed by atoms with Crippen LogP contribution in [0.2, 0.25) is 5.02 Å². The standard InChI is InChI=1S/C17H21ClN2O/c1-4-8-20-17(13-9-14(21-3)11-19-10-13)15-7-5-6-12(2)16(15)18/h5-7,9-11,17,20H,4,8H2,1-3H3. The molecule has 0 radical (unpaired) electrons. The fourth-order valence-electron chi connectivity index (χ4n) is 2.29. The molecular weight excluding hydrogens is 284 g/mol. The van der Waals surface area contributed by atoms with Gasteiger partial charge in [0, 0.05) is 11.2 Å². The molecule has 1 heterocycles. The van der Waals surface area contributed by atoms with Crippen molar-refractivity contribution >= 4 is 11.6 Å². The van der Waals surface area contributed by atoms with Crippen molar-refractivity contribution in [3.63, 3.8) is 0 Å². The smallest absolute Gasteiger partial charge is 0.137 e. The van der Waals surface area contributed by atoms with Crippen LogP contribution in [0, 0.1) is 6.92 Å². The van der Waals surface area contributed by atoms with Gasteiger partial charge in [0.1, 0.15) is 5.75 Å². The van der Waals surface area contributed by atoms with Crippen LogP contribution >= 0.6 is 11.6 Å². The first kappa shape index (κ1) is 15.8. The molecule has 0 fully saturated rings. The second-order valence-electron chi connectivity index (χ2n) is 5.02. The third-order valence-corrected chi connectivity index (χ3v) is 3.95. The van der Waals surface area contributed by atoms with E-state index < -0.39 is 0 Å². The monoisotopic (exact) mass is 304 g/mol. The minimum atomic E-state index is 0.0138. The lowest BCUT2D eigenvalue weighted by Crippen LogP contribution is -2.23. The lowest BCUT2D eigenvalue weighted by Gasteiger charge is -2.21. The molecule has 1 aromatic heterocycles. The number of aryl methyl sites for hydroxylation is 1. The lowest BCUT2D eigenvalue weighted by molar-refractivity contribution is 0.411. The Hall–Kier alpha value is -1.58. The topological polar surface area (TPSA) is 34.2 Å². The Morgan fingerprint density at radius 2 is 2.14 bits per heavy atom. The van der Waals surface area contributed by atoms with Crippen LogP contribution in [-0.4, -0.2) is 18.6 Å². The van der Waals surface area contributed by atoms with E-state index in [0.29, 0.717) is 0 Å². The average molecular weight is 305 g/mol. The summed E-state index contributed by atoms with van der Waals surface area (Å²) in [5.74, 6) is 0.750. The maximum atomic E-state index is 6.50. The highest BCUT2D eigenvalue weighted by molar-refractivity contribution is 6.32. The molecule has 1 atom stereocenters. The average Bonchev–Trinajstić information content (AvgIpc) is 2.52. The van der Waals surface area contributed by atoms with Crippen LogP contribution in [0.5, 0.6) is 5.75 Å². The fourth-order valence-corrected chi connectivity index (χ4v) is 2.53. The second-order valence-corrected chi connectivity index (χ2v) is 5.40. The largest absolute Gasteiger partial charge is 0.495 e. The summed E-state index contributed by atoms with van der Waals surface area (Å²) in [5, 5.41) is 4.34. The second kappa shape index (κ2) is 7.43. The summed E-state index contributed by atoms with van der Waals surface area (Å²) in [6.07, 6.45) is 4.62. The van der Waals surface area contributed by atoms with Gasteiger partial charge in [0.2, 0.25) is 0 Å². The number of rotatable bonds is 6. The molecule has 2 rings (SSSR count). The van der Waals surface area contributed by atoms with Crippen molar-refractivity contribution in [3.8, 4) is 5.75 Å². The molecule has 0 bridgehead atoms. The highest BCUT2D eigenvalue weighted by atomic mass is 35.5. The van der Waals surface area contributed by atoms with E-state index in [4.69, 9.17) is 16.3 Å². The lowest BCUT2D eigenvalue weighted by atomic mass is 9.98. The zero-order valence-corrected chi connectivity index (χ0v) is 13.4. The molecule has 0 aliphatic rings. The van der Waals surface area contributed by atoms with E-state index in [1.165, 1.54) is 0 Å². The predicted molar refractivity (Wildman–Crippen MR) is 87.1 cm³/mol. The molecule has 1 N–H and O–H groups in total. The van der Waals surface area contributed by atoms with Crippen LogP contribution < -0.4 is 10.1 Å². The molecule has 0 saturated heterocycles. The van der Waals surface area contributed by atoms with Crippen molar-refractivity contribution in [1.29, 1.82) is 0 Å². The highest BCUT2D eigenvalue weighted by Crippen LogP contribution is 2.31. The van der Waals surface area contributed by atoms with E-state index in [-0.39, 0.29) is 6.04 Å². The van der Waals surface area contributed by atoms with Crippen LogP contribution in [0.25, 0.3) is 0 Å². The number of hydrogen-bond donors (Lipinski definition) is 1. The van der Waals surface area contributed by atoms with Gasteiger partial charge in [-0.25, -0.2) is 0 Å². The van der Waals surface area contributed by atoms with Crippen molar-refractivity contribution in [1.82, 2.24) is 10.3 Å². The zero-order chi connectivity index (χ0) is 15.2. The maximum Gasteiger partial charge on any atom is 0.137 e. The molecule has 4 heteroatoms. The summed E-state index contributed by atoms with van der Waals surface area (Å²) in [6.45, 7) is 5.07. The molecule has 21 heavy (non-hydrogen) atoms. The number of hydrogen-bond acceptors (Lipinski definition) is 3. The van der Waals surface area contributed by atoms with Crippen LogP contribution in [0.3, 0.4) is 0 Å². The van der Waals surface area contributed by atoms with E-state index in [2.05, 4.69) is 23.3 Å². The van der Waals surface area contributed by atoms with Gasteiger partial charge >= 0.3 is 0 Å². The first-order chi connectivity index (χ1) is 10.2. The molecular formula is C17H21ClN2O. The maximum absolute atomic E-state index is 6.50. The number of nitrogens with one attached hydrogen (secondary N) is 1. The number of nitrogens with zero attached hydrogens (tertiary/aromatic N) is 1. The van der Waals surface area contributed by atoms with E-state index >= 15 is 0 Å². The number of ether oxygens (including phenoxy) is 1. The molecule has 3 nitrogen and oxygen atoms in total. The van der Waals surface area contributed by atoms with Gasteiger partial charge in [0.25, 0.3) is 0 Å². The summed E-state index contributed by atoms with van der Waals surface area (Å²) in [5.41, 5.74) is 3.20. The van der Waals surface area contributed by atoms with Gasteiger partial charge in [-0.1, -0.05) is 36.7 Å². The Bertz CT molecular complexity index is 601. The Labute approximate surface area is 131 Å². The number of pyridine rings is 1. The fraction of sp³-hybridized carbons (Fsp3) is 0.353. The van der Waals surface area contributed by atoms with Crippen LogP contribution in [0.4, 0.5) is 0 Å². The SMILES string of the molecule is CCCNC(c1cncc(OC)c1)c1cccc(C)c1Cl. The Morgan fingerprint density at radius 1 is 1.33 bits per heavy atom. The van der Waals surface area contributed by atoms with Crippen molar-refractivity contribution in [2.45, 2.75) is 26.3 Å². The summed E-state index contributed by atoms with van der Waals surface area (Å²) < 4.78 is 5.28. The summed E-state index contributed by atoms with van der Waals surface area (Å²) in [6, 6.07) is 8.12. The van der Waals surface area contributed by atoms with E-state index in [1.54, 1.807) is 13.3 Å². The minimum absolute atomic E-state index is 0.0138. The molecule has 1 unspecified atom stereocenters. The molecule has 112 valence electrons. The molecule has 2 aromatic rings. The van der Waals surface area contributed by atoms with Gasteiger partial charge in [-0.2, -0.15) is 0 Å². The number of benzene rings is 1. The molecule has 1 aromatic carbocycles. The Balaban J connectivity index is 2.44. The molecule has 0 spiro atoms. The van der Waals surface area contributed by atoms with Crippen molar-refractivity contribution in [3.05, 3.63) is 58.4 Å². The molecule has 0 saturated carbocycles. The zero-order valence-electron chi connectivity index (χ0n) is 12.7. The van der Waals surface area contributed by atoms with E-state index in [9.17, 15) is 0 Å². The van der Waals surface area contributed by atoms with Crippen LogP contribution in [0.15, 0.2) is 36.7 Å². The van der Waals surface area contributed by atoms with Crippen LogP contribution in [-0.2, 0) is 0 Å². The van der Waals surface area contributed by atoms with E-state index in [0.717, 1.165) is 40.4 Å². The third kappa shape index (κ3) is 3.74. The first-order valence-corrected chi connectivity index (χ1v) is 7.52. The highest BCUT2D eigenvalue weighted by Gasteiger charge is 2.18. The predicted octanol–water partition coefficient (Wildman–Crippen LogP) is 4.14. The molecule has 0 aliphatic carbocycles. The van der Waals surface area contributed by atoms with Gasteiger partial charge in [-0.15, -0.1) is 0 Å². The Kier molecular flexibility index (Phi) is 5.59. The van der Waals surface area contributed by atoms with Gasteiger partial charge in [0.15, 0.2) is 0 Å². The number of halogens is 1. The summed E-state index contributed by atoms with van der Waals surface area (Å²) in [7, 11) is 1.65. The number of aromatic nitrogens is 1. The van der Waals surface area contributed by atoms with Gasteiger partial charge in [-0.05, 0) is 42.6 Å². The Morgan fingerprint density at radius 3 is 2.86 bits per heavy atom. The molecule has 0 amide bonds. The minimum Gasteiger partial charge on any atom is -0.495 e. The van der Waals surface area contributed by atoms with Crippen LogP contribution in [0.1, 0.15) is 36.1 Å². The van der Waals surface area contributed by atoms with E-state index in [1.807, 2.05) is 31.3 Å². The normalized spacial score (nSPS) is 12.2. The van der Waals surface area contributed by atoms with Gasteiger partial charge in [-0.3, -0.25) is 4.98 Å². The van der Waals surface area contributed by atoms with Crippen molar-refractivity contribution < 1.29 is 4.74 Å². The summed E-state index contributed by atoms with van der Waals surface area (Å²) >= 11 is 6.50. The quantitative estimate of drug-likeness (QED) is 0.871. The number of methoxy groups -OCH3 is 1. The van der Waals surface area contributed by atoms with Crippen molar-refractivity contribution in [2.75, 3.05) is 13.7 Å². The summed E-state index contributed by atoms with van der Waals surface area (Å²) in [4.78, 5) is 4.25. The van der Waals surface area contributed by atoms with Gasteiger partial charge in [0.05, 0.1) is 19.3 Å². The molecule has 0 aliphatic heterocycles. The third-order valence-electron chi connectivity index (χ3n) is 3.43.